The second-order valence-corrected chi connectivity index (χ2v) is 4.67. The molecule has 8 heteroatoms. The quantitative estimate of drug-likeness (QED) is 0.599. The van der Waals surface area contributed by atoms with Crippen molar-refractivity contribution in [3.63, 3.8) is 0 Å². The lowest BCUT2D eigenvalue weighted by molar-refractivity contribution is -0.394. The van der Waals surface area contributed by atoms with Crippen molar-refractivity contribution in [1.82, 2.24) is 19.7 Å². The SMILES string of the molecule is Cc1nc([N+](=O)[O-])nn1CC(=O)N1CCCCCC1. The Bertz CT molecular complexity index is 477. The number of carbonyl (C=O) groups excluding carboxylic acids is 1. The summed E-state index contributed by atoms with van der Waals surface area (Å²) in [6.45, 7) is 3.14. The van der Waals surface area contributed by atoms with Gasteiger partial charge in [0.15, 0.2) is 0 Å². The molecule has 1 aliphatic rings. The lowest BCUT2D eigenvalue weighted by atomic mass is 10.2. The molecule has 1 aliphatic heterocycles. The minimum atomic E-state index is -0.653. The molecule has 104 valence electrons. The van der Waals surface area contributed by atoms with Crippen LogP contribution in [0.2, 0.25) is 0 Å². The lowest BCUT2D eigenvalue weighted by Gasteiger charge is -2.19. The van der Waals surface area contributed by atoms with Crippen molar-refractivity contribution in [3.05, 3.63) is 15.9 Å². The zero-order valence-corrected chi connectivity index (χ0v) is 10.9. The van der Waals surface area contributed by atoms with Gasteiger partial charge in [-0.15, -0.1) is 0 Å². The van der Waals surface area contributed by atoms with Gasteiger partial charge < -0.3 is 15.0 Å². The van der Waals surface area contributed by atoms with Gasteiger partial charge in [0, 0.05) is 25.1 Å². The number of aromatic nitrogens is 3. The Morgan fingerprint density at radius 1 is 1.32 bits per heavy atom. The first-order valence-corrected chi connectivity index (χ1v) is 6.41. The van der Waals surface area contributed by atoms with Crippen LogP contribution in [0.15, 0.2) is 0 Å². The van der Waals surface area contributed by atoms with Crippen molar-refractivity contribution in [1.29, 1.82) is 0 Å². The summed E-state index contributed by atoms with van der Waals surface area (Å²) >= 11 is 0. The Labute approximate surface area is 110 Å². The molecule has 0 saturated carbocycles. The fourth-order valence-electron chi connectivity index (χ4n) is 2.18. The molecule has 2 rings (SSSR count). The highest BCUT2D eigenvalue weighted by Gasteiger charge is 2.22. The number of hydrogen-bond acceptors (Lipinski definition) is 5. The average Bonchev–Trinajstić information content (AvgIpc) is 2.60. The molecule has 0 spiro atoms. The third-order valence-electron chi connectivity index (χ3n) is 3.25. The molecular weight excluding hydrogens is 250 g/mol. The molecule has 1 amide bonds. The average molecular weight is 267 g/mol. The Hall–Kier alpha value is -1.99. The van der Waals surface area contributed by atoms with Crippen LogP contribution in [0.4, 0.5) is 5.95 Å². The number of aryl methyl sites for hydroxylation is 1. The number of nitrogens with zero attached hydrogens (tertiary/aromatic N) is 5. The van der Waals surface area contributed by atoms with Gasteiger partial charge in [0.2, 0.25) is 11.7 Å². The van der Waals surface area contributed by atoms with Crippen LogP contribution in [0.25, 0.3) is 0 Å². The maximum absolute atomic E-state index is 12.1. The Morgan fingerprint density at radius 2 is 1.95 bits per heavy atom. The highest BCUT2D eigenvalue weighted by molar-refractivity contribution is 5.76. The predicted octanol–water partition coefficient (Wildman–Crippen LogP) is 0.897. The van der Waals surface area contributed by atoms with Gasteiger partial charge in [0.25, 0.3) is 0 Å². The van der Waals surface area contributed by atoms with E-state index in [1.807, 2.05) is 0 Å². The summed E-state index contributed by atoms with van der Waals surface area (Å²) in [6, 6.07) is 0. The summed E-state index contributed by atoms with van der Waals surface area (Å²) in [5, 5.41) is 14.3. The molecule has 1 fully saturated rings. The normalized spacial score (nSPS) is 16.2. The molecule has 0 aliphatic carbocycles. The van der Waals surface area contributed by atoms with Crippen molar-refractivity contribution >= 4 is 11.9 Å². The summed E-state index contributed by atoms with van der Waals surface area (Å²) in [4.78, 5) is 27.6. The van der Waals surface area contributed by atoms with Crippen molar-refractivity contribution in [2.45, 2.75) is 39.2 Å². The van der Waals surface area contributed by atoms with Crippen LogP contribution in [0.5, 0.6) is 0 Å². The summed E-state index contributed by atoms with van der Waals surface area (Å²) in [7, 11) is 0. The molecule has 8 nitrogen and oxygen atoms in total. The standard InChI is InChI=1S/C11H17N5O3/c1-9-12-11(16(18)19)13-15(9)8-10(17)14-6-4-2-3-5-7-14/h2-8H2,1H3. The van der Waals surface area contributed by atoms with Crippen LogP contribution in [0.3, 0.4) is 0 Å². The maximum Gasteiger partial charge on any atom is 0.491 e. The molecule has 0 atom stereocenters. The first-order valence-electron chi connectivity index (χ1n) is 6.41. The first kappa shape index (κ1) is 13.4. The highest BCUT2D eigenvalue weighted by atomic mass is 16.6. The molecule has 1 saturated heterocycles. The summed E-state index contributed by atoms with van der Waals surface area (Å²) < 4.78 is 1.30. The molecule has 1 aromatic heterocycles. The monoisotopic (exact) mass is 267 g/mol. The molecule has 0 radical (unpaired) electrons. The van der Waals surface area contributed by atoms with Gasteiger partial charge in [0.05, 0.1) is 0 Å². The molecule has 2 heterocycles. The molecule has 0 bridgehead atoms. The summed E-state index contributed by atoms with van der Waals surface area (Å²) in [5.41, 5.74) is 0. The highest BCUT2D eigenvalue weighted by Crippen LogP contribution is 2.11. The fourth-order valence-corrected chi connectivity index (χ4v) is 2.18. The molecule has 0 unspecified atom stereocenters. The molecule has 1 aromatic rings. The molecule has 0 N–H and O–H groups in total. The Balaban J connectivity index is 2.03. The van der Waals surface area contributed by atoms with E-state index in [0.717, 1.165) is 38.8 Å². The minimum Gasteiger partial charge on any atom is -0.390 e. The lowest BCUT2D eigenvalue weighted by Crippen LogP contribution is -2.35. The van der Waals surface area contributed by atoms with Gasteiger partial charge in [-0.1, -0.05) is 12.8 Å². The predicted molar refractivity (Wildman–Crippen MR) is 66.5 cm³/mol. The van der Waals surface area contributed by atoms with E-state index in [2.05, 4.69) is 10.1 Å². The summed E-state index contributed by atoms with van der Waals surface area (Å²) in [5.74, 6) is -0.124. The number of carbonyl (C=O) groups is 1. The van der Waals surface area contributed by atoms with Gasteiger partial charge in [0.1, 0.15) is 6.54 Å². The number of rotatable bonds is 3. The number of nitro groups is 1. The van der Waals surface area contributed by atoms with Crippen LogP contribution >= 0.6 is 0 Å². The van der Waals surface area contributed by atoms with Gasteiger partial charge in [-0.2, -0.15) is 4.68 Å². The van der Waals surface area contributed by atoms with E-state index in [9.17, 15) is 14.9 Å². The van der Waals surface area contributed by atoms with E-state index in [-0.39, 0.29) is 12.5 Å². The number of likely N-dealkylation sites (tertiary alicyclic amines) is 1. The van der Waals surface area contributed by atoms with Crippen molar-refractivity contribution < 1.29 is 9.72 Å². The van der Waals surface area contributed by atoms with Crippen LogP contribution in [-0.2, 0) is 11.3 Å². The van der Waals surface area contributed by atoms with Gasteiger partial charge >= 0.3 is 5.95 Å². The topological polar surface area (TPSA) is 94.2 Å². The third-order valence-corrected chi connectivity index (χ3v) is 3.25. The zero-order valence-electron chi connectivity index (χ0n) is 10.9. The van der Waals surface area contributed by atoms with E-state index < -0.39 is 10.9 Å². The van der Waals surface area contributed by atoms with E-state index in [1.54, 1.807) is 11.8 Å². The molecule has 0 aromatic carbocycles. The van der Waals surface area contributed by atoms with Crippen molar-refractivity contribution in [2.75, 3.05) is 13.1 Å². The molecular formula is C11H17N5O3. The van der Waals surface area contributed by atoms with E-state index >= 15 is 0 Å². The zero-order chi connectivity index (χ0) is 13.8. The maximum atomic E-state index is 12.1. The third kappa shape index (κ3) is 3.27. The van der Waals surface area contributed by atoms with E-state index in [0.29, 0.717) is 5.82 Å². The Morgan fingerprint density at radius 3 is 2.47 bits per heavy atom. The second kappa shape index (κ2) is 5.77. The smallest absolute Gasteiger partial charge is 0.390 e. The van der Waals surface area contributed by atoms with Crippen LogP contribution in [0, 0.1) is 17.0 Å². The van der Waals surface area contributed by atoms with Gasteiger partial charge in [-0.05, 0) is 22.7 Å². The van der Waals surface area contributed by atoms with Crippen molar-refractivity contribution in [3.8, 4) is 0 Å². The number of hydrogen-bond donors (Lipinski definition) is 0. The minimum absolute atomic E-state index is 0.0205. The van der Waals surface area contributed by atoms with Crippen LogP contribution in [0.1, 0.15) is 31.5 Å². The number of amides is 1. The van der Waals surface area contributed by atoms with Crippen LogP contribution in [-0.4, -0.2) is 43.6 Å². The van der Waals surface area contributed by atoms with Gasteiger partial charge in [-0.3, -0.25) is 4.79 Å². The van der Waals surface area contributed by atoms with E-state index in [1.165, 1.54) is 4.68 Å². The van der Waals surface area contributed by atoms with Crippen molar-refractivity contribution in [2.24, 2.45) is 0 Å². The largest absolute Gasteiger partial charge is 0.491 e. The second-order valence-electron chi connectivity index (χ2n) is 4.67. The summed E-state index contributed by atoms with van der Waals surface area (Å²) in [6.07, 6.45) is 4.33. The molecule has 19 heavy (non-hydrogen) atoms. The Kier molecular flexibility index (Phi) is 4.08. The van der Waals surface area contributed by atoms with Crippen LogP contribution < -0.4 is 0 Å². The fraction of sp³-hybridized carbons (Fsp3) is 0.727. The first-order chi connectivity index (χ1) is 9.08. The van der Waals surface area contributed by atoms with E-state index in [4.69, 9.17) is 0 Å². The van der Waals surface area contributed by atoms with Gasteiger partial charge in [-0.25, -0.2) is 0 Å².